The molecule has 0 saturated carbocycles. The van der Waals surface area contributed by atoms with Gasteiger partial charge in [-0.2, -0.15) is 0 Å². The predicted octanol–water partition coefficient (Wildman–Crippen LogP) is 22.4. The van der Waals surface area contributed by atoms with Gasteiger partial charge in [-0.15, -0.1) is 0 Å². The minimum Gasteiger partial charge on any atom is -0.489 e. The standard InChI is InChI=1S/C99H79N3O9/c1-9-27-72(28-10-1)63-104-84-55-77(56-85(60-84)105-64-73-29-11-2-12-30-73)68-108-88-53-76(54-89(62-88)109-69-78-57-86(106-65-74-31-13-3-14-32-74)61-87(58-78)107-66-75-33-15-4-16-34-75)67-103-83-50-47-70(48-51-83)45-46-71-49-52-93(91(59-71)99-102-95(80-37-19-6-20-38-80)97(111-99)82-41-23-8-24-42-82)100-92-44-26-25-43-90(92)98-101-94(79-35-17-5-18-36-79)96(110-98)81-39-21-7-22-40-81/h1-44,47-62,94-97,100H,63-69H2/t94-,95-,96-,97-/m0/s1. The molecular formula is C99H79N3O9. The maximum Gasteiger partial charge on any atom is 0.219 e. The van der Waals surface area contributed by atoms with Gasteiger partial charge in [-0.1, -0.05) is 267 Å². The topological polar surface area (TPSA) is 120 Å². The summed E-state index contributed by atoms with van der Waals surface area (Å²) in [4.78, 5) is 10.7. The molecule has 2 aliphatic rings. The Morgan fingerprint density at radius 1 is 0.243 bits per heavy atom. The normalized spacial score (nSPS) is 14.7. The third-order valence-corrected chi connectivity index (χ3v) is 19.0. The van der Waals surface area contributed by atoms with Crippen LogP contribution in [0.15, 0.2) is 374 Å². The smallest absolute Gasteiger partial charge is 0.219 e. The summed E-state index contributed by atoms with van der Waals surface area (Å²) in [6, 6.07) is 121. The second-order valence-electron chi connectivity index (χ2n) is 27.1. The van der Waals surface area contributed by atoms with Gasteiger partial charge >= 0.3 is 0 Å². The van der Waals surface area contributed by atoms with E-state index in [2.05, 4.69) is 71.8 Å². The van der Waals surface area contributed by atoms with Gasteiger partial charge in [-0.25, -0.2) is 9.98 Å². The fourth-order valence-electron chi connectivity index (χ4n) is 13.4. The minimum atomic E-state index is -0.390. The Hall–Kier alpha value is -14.0. The summed E-state index contributed by atoms with van der Waals surface area (Å²) >= 11 is 0. The van der Waals surface area contributed by atoms with E-state index in [9.17, 15) is 0 Å². The fraction of sp³-hybridized carbons (Fsp3) is 0.111. The van der Waals surface area contributed by atoms with Crippen molar-refractivity contribution in [3.63, 3.8) is 0 Å². The first-order valence-electron chi connectivity index (χ1n) is 37.2. The number of hydrogen-bond donors (Lipinski definition) is 1. The van der Waals surface area contributed by atoms with Crippen molar-refractivity contribution in [2.24, 2.45) is 9.98 Å². The number of rotatable bonds is 29. The number of anilines is 2. The fourth-order valence-corrected chi connectivity index (χ4v) is 13.4. The van der Waals surface area contributed by atoms with Crippen molar-refractivity contribution in [3.8, 4) is 52.1 Å². The van der Waals surface area contributed by atoms with Crippen molar-refractivity contribution in [3.05, 3.63) is 447 Å². The third-order valence-electron chi connectivity index (χ3n) is 19.0. The molecule has 0 aliphatic carbocycles. The van der Waals surface area contributed by atoms with E-state index in [1.807, 2.05) is 309 Å². The first-order valence-corrected chi connectivity index (χ1v) is 37.2. The van der Waals surface area contributed by atoms with Gasteiger partial charge in [0, 0.05) is 29.3 Å². The lowest BCUT2D eigenvalue weighted by Gasteiger charge is -2.20. The van der Waals surface area contributed by atoms with E-state index >= 15 is 0 Å². The summed E-state index contributed by atoms with van der Waals surface area (Å²) in [7, 11) is 0. The summed E-state index contributed by atoms with van der Waals surface area (Å²) in [6.07, 6.45) is -0.719. The highest BCUT2D eigenvalue weighted by Gasteiger charge is 2.37. The van der Waals surface area contributed by atoms with Crippen molar-refractivity contribution in [1.29, 1.82) is 0 Å². The maximum absolute atomic E-state index is 7.06. The van der Waals surface area contributed by atoms with Crippen LogP contribution in [0.1, 0.15) is 108 Å². The van der Waals surface area contributed by atoms with E-state index in [1.54, 1.807) is 0 Å². The Morgan fingerprint density at radius 3 is 0.910 bits per heavy atom. The summed E-state index contributed by atoms with van der Waals surface area (Å²) < 4.78 is 59.6. The second-order valence-corrected chi connectivity index (χ2v) is 27.1. The molecule has 0 fully saturated rings. The largest absolute Gasteiger partial charge is 0.489 e. The molecule has 0 bridgehead atoms. The molecule has 0 radical (unpaired) electrons. The van der Waals surface area contributed by atoms with Crippen molar-refractivity contribution in [1.82, 2.24) is 0 Å². The third kappa shape index (κ3) is 18.9. The molecular weight excluding hydrogens is 1380 g/mol. The summed E-state index contributed by atoms with van der Waals surface area (Å²) in [5.74, 6) is 12.4. The zero-order valence-corrected chi connectivity index (χ0v) is 61.0. The highest BCUT2D eigenvalue weighted by atomic mass is 16.5. The molecule has 0 aromatic heterocycles. The van der Waals surface area contributed by atoms with Crippen molar-refractivity contribution in [2.75, 3.05) is 5.32 Å². The van der Waals surface area contributed by atoms with E-state index < -0.39 is 0 Å². The van der Waals surface area contributed by atoms with Gasteiger partial charge in [0.05, 0.1) is 22.5 Å². The second kappa shape index (κ2) is 35.1. The molecule has 4 atom stereocenters. The van der Waals surface area contributed by atoms with Crippen LogP contribution in [0.4, 0.5) is 11.4 Å². The Morgan fingerprint density at radius 2 is 0.532 bits per heavy atom. The molecule has 0 saturated heterocycles. The van der Waals surface area contributed by atoms with Crippen molar-refractivity contribution >= 4 is 23.2 Å². The van der Waals surface area contributed by atoms with Crippen LogP contribution in [0.3, 0.4) is 0 Å². The Balaban J connectivity index is 0.670. The molecule has 111 heavy (non-hydrogen) atoms. The molecule has 12 nitrogen and oxygen atoms in total. The highest BCUT2D eigenvalue weighted by Crippen LogP contribution is 2.45. The number of nitrogens with zero attached hydrogens (tertiary/aromatic N) is 2. The summed E-state index contributed by atoms with van der Waals surface area (Å²) in [5, 5.41) is 3.80. The first kappa shape index (κ1) is 71.2. The molecule has 2 aliphatic heterocycles. The highest BCUT2D eigenvalue weighted by molar-refractivity contribution is 6.05. The van der Waals surface area contributed by atoms with Gasteiger partial charge in [0.2, 0.25) is 11.8 Å². The number of ether oxygens (including phenoxy) is 9. The minimum absolute atomic E-state index is 0.193. The zero-order valence-electron chi connectivity index (χ0n) is 61.0. The van der Waals surface area contributed by atoms with E-state index in [4.69, 9.17) is 52.6 Å². The molecule has 14 aromatic carbocycles. The van der Waals surface area contributed by atoms with Gasteiger partial charge in [0.25, 0.3) is 0 Å². The SMILES string of the molecule is C(#Cc1ccc(Nc2ccccc2C2=N[C@@H](c3ccccc3)[C@H](c3ccccc3)O2)c(C2=N[C@@H](c3ccccc3)[C@H](c3ccccc3)O2)c1)c1ccc(OCc2cc(OCc3cc(OCc4ccccc4)cc(OCc4ccccc4)c3)cc(OCc3cc(OCc4ccccc4)cc(OCc4ccccc4)c3)c2)cc1. The maximum atomic E-state index is 7.06. The van der Waals surface area contributed by atoms with Crippen LogP contribution in [-0.4, -0.2) is 11.8 Å². The molecule has 0 amide bonds. The lowest BCUT2D eigenvalue weighted by molar-refractivity contribution is 0.197. The lowest BCUT2D eigenvalue weighted by atomic mass is 9.97. The quantitative estimate of drug-likeness (QED) is 0.0454. The molecule has 2 heterocycles. The van der Waals surface area contributed by atoms with E-state index in [1.165, 1.54) is 0 Å². The van der Waals surface area contributed by atoms with Gasteiger partial charge in [0.15, 0.2) is 12.2 Å². The summed E-state index contributed by atoms with van der Waals surface area (Å²) in [6.45, 7) is 2.13. The molecule has 0 unspecified atom stereocenters. The molecule has 12 heteroatoms. The Kier molecular flexibility index (Phi) is 22.6. The first-order chi connectivity index (χ1) is 54.9. The summed E-state index contributed by atoms with van der Waals surface area (Å²) in [5.41, 5.74) is 15.6. The van der Waals surface area contributed by atoms with Gasteiger partial charge < -0.3 is 47.9 Å². The van der Waals surface area contributed by atoms with E-state index in [0.717, 1.165) is 94.8 Å². The monoisotopic (exact) mass is 1450 g/mol. The van der Waals surface area contributed by atoms with Crippen LogP contribution in [0.25, 0.3) is 0 Å². The number of aliphatic imine (C=N–C) groups is 2. The average molecular weight is 1450 g/mol. The van der Waals surface area contributed by atoms with Gasteiger partial charge in [-0.05, 0) is 152 Å². The number of hydrogen-bond acceptors (Lipinski definition) is 12. The van der Waals surface area contributed by atoms with Gasteiger partial charge in [0.1, 0.15) is 98.6 Å². The number of benzene rings is 14. The van der Waals surface area contributed by atoms with Crippen LogP contribution < -0.4 is 38.5 Å². The lowest BCUT2D eigenvalue weighted by Crippen LogP contribution is -2.12. The van der Waals surface area contributed by atoms with Crippen LogP contribution in [0.2, 0.25) is 0 Å². The molecule has 544 valence electrons. The van der Waals surface area contributed by atoms with E-state index in [-0.39, 0.29) is 44.1 Å². The molecule has 16 rings (SSSR count). The average Bonchev–Trinajstić information content (AvgIpc) is 1.65. The Labute approximate surface area is 647 Å². The number of nitrogens with one attached hydrogen (secondary N) is 1. The van der Waals surface area contributed by atoms with Crippen LogP contribution in [0.5, 0.6) is 40.2 Å². The van der Waals surface area contributed by atoms with Crippen LogP contribution in [-0.2, 0) is 55.7 Å². The Bertz CT molecular complexity index is 5250. The predicted molar refractivity (Wildman–Crippen MR) is 436 cm³/mol. The van der Waals surface area contributed by atoms with E-state index in [0.29, 0.717) is 78.5 Å². The molecule has 1 N–H and O–H groups in total. The molecule has 14 aromatic rings. The van der Waals surface area contributed by atoms with Crippen molar-refractivity contribution < 1.29 is 42.6 Å². The van der Waals surface area contributed by atoms with Crippen LogP contribution in [0, 0.1) is 11.8 Å². The van der Waals surface area contributed by atoms with Crippen LogP contribution >= 0.6 is 0 Å². The van der Waals surface area contributed by atoms with Crippen molar-refractivity contribution in [2.45, 2.75) is 70.5 Å². The molecule has 0 spiro atoms. The number of para-hydroxylation sites is 1. The zero-order chi connectivity index (χ0) is 74.6. The van der Waals surface area contributed by atoms with Gasteiger partial charge in [-0.3, -0.25) is 0 Å².